The molecule has 5 nitrogen and oxygen atoms in total. The summed E-state index contributed by atoms with van der Waals surface area (Å²) >= 11 is 0. The monoisotopic (exact) mass is 296 g/mol. The molecule has 1 heterocycles. The van der Waals surface area contributed by atoms with Crippen LogP contribution >= 0.6 is 0 Å². The second-order valence-corrected chi connectivity index (χ2v) is 7.33. The van der Waals surface area contributed by atoms with Crippen LogP contribution in [0.2, 0.25) is 0 Å². The van der Waals surface area contributed by atoms with Gasteiger partial charge in [-0.2, -0.15) is 0 Å². The highest BCUT2D eigenvalue weighted by atomic mass is 32.2. The smallest absolute Gasteiger partial charge is 0.242 e. The van der Waals surface area contributed by atoms with Gasteiger partial charge >= 0.3 is 0 Å². The molecular formula is C14H20N2O3S. The van der Waals surface area contributed by atoms with Gasteiger partial charge in [0, 0.05) is 26.3 Å². The first-order chi connectivity index (χ1) is 9.46. The number of benzene rings is 1. The van der Waals surface area contributed by atoms with Crippen molar-refractivity contribution in [1.29, 1.82) is 0 Å². The van der Waals surface area contributed by atoms with Crippen LogP contribution in [0.4, 0.5) is 5.69 Å². The number of anilines is 1. The first kappa shape index (κ1) is 15.0. The normalized spacial score (nSPS) is 20.1. The summed E-state index contributed by atoms with van der Waals surface area (Å²) in [6.45, 7) is 0.836. The van der Waals surface area contributed by atoms with E-state index in [4.69, 9.17) is 0 Å². The maximum atomic E-state index is 12.0. The molecule has 6 heteroatoms. The zero-order chi connectivity index (χ0) is 14.8. The minimum atomic E-state index is -3.40. The van der Waals surface area contributed by atoms with Gasteiger partial charge in [0.15, 0.2) is 0 Å². The lowest BCUT2D eigenvalue weighted by Gasteiger charge is -2.34. The second-order valence-electron chi connectivity index (χ2n) is 5.17. The van der Waals surface area contributed by atoms with E-state index in [0.717, 1.165) is 37.8 Å². The van der Waals surface area contributed by atoms with Gasteiger partial charge in [-0.1, -0.05) is 0 Å². The molecule has 20 heavy (non-hydrogen) atoms. The van der Waals surface area contributed by atoms with Gasteiger partial charge in [0.05, 0.1) is 10.9 Å². The summed E-state index contributed by atoms with van der Waals surface area (Å²) in [5.74, 6) is 0. The molecule has 1 aromatic rings. The van der Waals surface area contributed by atoms with Crippen LogP contribution in [0.3, 0.4) is 0 Å². The average molecular weight is 296 g/mol. The number of hydrogen-bond acceptors (Lipinski definition) is 4. The Balaban J connectivity index is 2.26. The average Bonchev–Trinajstić information content (AvgIpc) is 2.47. The number of sulfonamides is 1. The molecule has 1 fully saturated rings. The summed E-state index contributed by atoms with van der Waals surface area (Å²) in [7, 11) is -0.378. The van der Waals surface area contributed by atoms with E-state index in [2.05, 4.69) is 0 Å². The van der Waals surface area contributed by atoms with Gasteiger partial charge in [-0.3, -0.25) is 0 Å². The zero-order valence-corrected chi connectivity index (χ0v) is 12.6. The van der Waals surface area contributed by atoms with Gasteiger partial charge in [0.1, 0.15) is 6.29 Å². The van der Waals surface area contributed by atoms with Crippen molar-refractivity contribution < 1.29 is 13.2 Å². The largest absolute Gasteiger partial charge is 0.362 e. The highest BCUT2D eigenvalue weighted by Gasteiger charge is 2.23. The molecule has 1 saturated heterocycles. The van der Waals surface area contributed by atoms with Gasteiger partial charge in [-0.15, -0.1) is 0 Å². The van der Waals surface area contributed by atoms with Gasteiger partial charge in [0.25, 0.3) is 0 Å². The fourth-order valence-electron chi connectivity index (χ4n) is 2.44. The van der Waals surface area contributed by atoms with E-state index in [1.165, 1.54) is 18.4 Å². The van der Waals surface area contributed by atoms with Crippen molar-refractivity contribution in [2.45, 2.75) is 30.2 Å². The van der Waals surface area contributed by atoms with Crippen molar-refractivity contribution in [3.8, 4) is 0 Å². The molecule has 110 valence electrons. The fraction of sp³-hybridized carbons (Fsp3) is 0.500. The minimum Gasteiger partial charge on any atom is -0.362 e. The van der Waals surface area contributed by atoms with E-state index in [0.29, 0.717) is 0 Å². The van der Waals surface area contributed by atoms with E-state index in [1.807, 2.05) is 4.90 Å². The Kier molecular flexibility index (Phi) is 4.45. The third-order valence-electron chi connectivity index (χ3n) is 3.65. The molecule has 1 aliphatic rings. The topological polar surface area (TPSA) is 57.7 Å². The lowest BCUT2D eigenvalue weighted by atomic mass is 10.0. The van der Waals surface area contributed by atoms with Crippen molar-refractivity contribution in [2.75, 3.05) is 25.5 Å². The predicted molar refractivity (Wildman–Crippen MR) is 78.4 cm³/mol. The molecule has 0 radical (unpaired) electrons. The number of carbonyl (C=O) groups is 1. The van der Waals surface area contributed by atoms with E-state index < -0.39 is 10.0 Å². The summed E-state index contributed by atoms with van der Waals surface area (Å²) in [5, 5.41) is 0. The molecule has 1 aliphatic heterocycles. The highest BCUT2D eigenvalue weighted by molar-refractivity contribution is 7.89. The Morgan fingerprint density at radius 3 is 2.40 bits per heavy atom. The third-order valence-corrected chi connectivity index (χ3v) is 5.48. The fourth-order valence-corrected chi connectivity index (χ4v) is 3.34. The van der Waals surface area contributed by atoms with Gasteiger partial charge in [-0.25, -0.2) is 12.7 Å². The molecule has 0 aliphatic carbocycles. The lowest BCUT2D eigenvalue weighted by Crippen LogP contribution is -2.40. The summed E-state index contributed by atoms with van der Waals surface area (Å²) in [6, 6.07) is 6.65. The highest BCUT2D eigenvalue weighted by Crippen LogP contribution is 2.25. The van der Waals surface area contributed by atoms with E-state index >= 15 is 0 Å². The molecule has 1 aromatic carbocycles. The Morgan fingerprint density at radius 1 is 1.20 bits per heavy atom. The van der Waals surface area contributed by atoms with Crippen molar-refractivity contribution in [3.63, 3.8) is 0 Å². The Morgan fingerprint density at radius 2 is 1.85 bits per heavy atom. The predicted octanol–water partition coefficient (Wildman–Crippen LogP) is 1.49. The molecule has 0 spiro atoms. The van der Waals surface area contributed by atoms with Crippen LogP contribution in [0.1, 0.15) is 19.3 Å². The maximum absolute atomic E-state index is 12.0. The Labute approximate surface area is 120 Å². The number of rotatable bonds is 4. The Hall–Kier alpha value is -1.40. The number of carbonyl (C=O) groups excluding carboxylic acids is 1. The van der Waals surface area contributed by atoms with Crippen LogP contribution in [0.15, 0.2) is 29.2 Å². The van der Waals surface area contributed by atoms with Crippen LogP contribution in [0, 0.1) is 0 Å². The number of nitrogens with zero attached hydrogens (tertiary/aromatic N) is 2. The molecular weight excluding hydrogens is 276 g/mol. The SMILES string of the molecule is CN(C)S(=O)(=O)c1ccc(N2CCCCC2C=O)cc1. The van der Waals surface area contributed by atoms with E-state index in [1.54, 1.807) is 24.3 Å². The number of hydrogen-bond donors (Lipinski definition) is 0. The zero-order valence-electron chi connectivity index (χ0n) is 11.8. The first-order valence-electron chi connectivity index (χ1n) is 6.71. The molecule has 1 atom stereocenters. The van der Waals surface area contributed by atoms with Gasteiger partial charge in [-0.05, 0) is 43.5 Å². The minimum absolute atomic E-state index is 0.0972. The summed E-state index contributed by atoms with van der Waals surface area (Å²) in [6.07, 6.45) is 3.96. The maximum Gasteiger partial charge on any atom is 0.242 e. The molecule has 0 aromatic heterocycles. The number of aldehydes is 1. The Bertz CT molecular complexity index is 567. The summed E-state index contributed by atoms with van der Waals surface area (Å²) in [4.78, 5) is 13.4. The van der Waals surface area contributed by atoms with Crippen LogP contribution in [0.25, 0.3) is 0 Å². The summed E-state index contributed by atoms with van der Waals surface area (Å²) < 4.78 is 25.2. The van der Waals surface area contributed by atoms with Crippen molar-refractivity contribution in [2.24, 2.45) is 0 Å². The van der Waals surface area contributed by atoms with Gasteiger partial charge < -0.3 is 9.69 Å². The molecule has 0 saturated carbocycles. The van der Waals surface area contributed by atoms with Crippen molar-refractivity contribution in [3.05, 3.63) is 24.3 Å². The van der Waals surface area contributed by atoms with Crippen molar-refractivity contribution in [1.82, 2.24) is 4.31 Å². The van der Waals surface area contributed by atoms with Gasteiger partial charge in [0.2, 0.25) is 10.0 Å². The van der Waals surface area contributed by atoms with Crippen LogP contribution in [-0.2, 0) is 14.8 Å². The van der Waals surface area contributed by atoms with Crippen LogP contribution in [0.5, 0.6) is 0 Å². The molecule has 0 bridgehead atoms. The second kappa shape index (κ2) is 5.93. The molecule has 2 rings (SSSR count). The molecule has 1 unspecified atom stereocenters. The standard InChI is InChI=1S/C14H20N2O3S/c1-15(2)20(18,19)14-8-6-12(7-9-14)16-10-4-3-5-13(16)11-17/h6-9,11,13H,3-5,10H2,1-2H3. The lowest BCUT2D eigenvalue weighted by molar-refractivity contribution is -0.109. The van der Waals surface area contributed by atoms with Crippen LogP contribution in [-0.4, -0.2) is 45.7 Å². The molecule has 0 amide bonds. The van der Waals surface area contributed by atoms with Crippen molar-refractivity contribution >= 4 is 22.0 Å². The van der Waals surface area contributed by atoms with E-state index in [9.17, 15) is 13.2 Å². The van der Waals surface area contributed by atoms with Crippen LogP contribution < -0.4 is 4.90 Å². The third kappa shape index (κ3) is 2.86. The summed E-state index contributed by atoms with van der Waals surface area (Å²) in [5.41, 5.74) is 0.902. The first-order valence-corrected chi connectivity index (χ1v) is 8.15. The van der Waals surface area contributed by atoms with E-state index in [-0.39, 0.29) is 10.9 Å². The quantitative estimate of drug-likeness (QED) is 0.790. The number of piperidine rings is 1. The molecule has 0 N–H and O–H groups in total.